The average molecular weight is 247 g/mol. The monoisotopic (exact) mass is 247 g/mol. The van der Waals surface area contributed by atoms with Crippen molar-refractivity contribution in [3.05, 3.63) is 29.8 Å². The van der Waals surface area contributed by atoms with Gasteiger partial charge in [0.05, 0.1) is 0 Å². The summed E-state index contributed by atoms with van der Waals surface area (Å²) in [5.74, 6) is 0.0970. The summed E-state index contributed by atoms with van der Waals surface area (Å²) in [6, 6.07) is 8.18. The fourth-order valence-electron chi connectivity index (χ4n) is 2.63. The molecule has 0 atom stereocenters. The van der Waals surface area contributed by atoms with Crippen LogP contribution in [-0.4, -0.2) is 24.2 Å². The van der Waals surface area contributed by atoms with Crippen LogP contribution >= 0.6 is 0 Å². The predicted octanol–water partition coefficient (Wildman–Crippen LogP) is 2.94. The summed E-state index contributed by atoms with van der Waals surface area (Å²) in [6.45, 7) is 4.47. The first-order valence-electron chi connectivity index (χ1n) is 6.75. The zero-order valence-electron chi connectivity index (χ0n) is 10.9. The molecule has 0 bridgehead atoms. The third-order valence-corrected chi connectivity index (χ3v) is 3.59. The van der Waals surface area contributed by atoms with Crippen molar-refractivity contribution in [1.29, 1.82) is 0 Å². The Hall–Kier alpha value is -1.51. The molecule has 0 amide bonds. The van der Waals surface area contributed by atoms with Gasteiger partial charge >= 0.3 is 5.97 Å². The predicted molar refractivity (Wildman–Crippen MR) is 73.0 cm³/mol. The normalized spacial score (nSPS) is 15.5. The number of hydrogen-bond donors (Lipinski definition) is 1. The van der Waals surface area contributed by atoms with Gasteiger partial charge in [0.1, 0.15) is 0 Å². The lowest BCUT2D eigenvalue weighted by molar-refractivity contribution is -0.136. The van der Waals surface area contributed by atoms with Gasteiger partial charge in [-0.25, -0.2) is 0 Å². The van der Waals surface area contributed by atoms with Crippen molar-refractivity contribution in [3.63, 3.8) is 0 Å². The average Bonchev–Trinajstić information content (AvgIpc) is 2.31. The summed E-state index contributed by atoms with van der Waals surface area (Å²) in [6.07, 6.45) is 3.39. The fourth-order valence-corrected chi connectivity index (χ4v) is 2.63. The lowest BCUT2D eigenvalue weighted by Crippen LogP contribution is -2.47. The second-order valence-corrected chi connectivity index (χ2v) is 5.08. The molecule has 0 aromatic heterocycles. The van der Waals surface area contributed by atoms with Crippen LogP contribution in [0.15, 0.2) is 24.3 Å². The van der Waals surface area contributed by atoms with Gasteiger partial charge in [0.25, 0.3) is 0 Å². The third-order valence-electron chi connectivity index (χ3n) is 3.59. The Morgan fingerprint density at radius 1 is 1.39 bits per heavy atom. The van der Waals surface area contributed by atoms with E-state index in [4.69, 9.17) is 5.11 Å². The van der Waals surface area contributed by atoms with E-state index in [1.54, 1.807) is 0 Å². The van der Waals surface area contributed by atoms with Gasteiger partial charge in [0.15, 0.2) is 0 Å². The molecule has 1 aromatic carbocycles. The largest absolute Gasteiger partial charge is 0.481 e. The molecular formula is C15H21NO2. The zero-order chi connectivity index (χ0) is 13.0. The lowest BCUT2D eigenvalue weighted by atomic mass is 9.93. The molecule has 1 saturated heterocycles. The van der Waals surface area contributed by atoms with E-state index in [0.29, 0.717) is 6.42 Å². The summed E-state index contributed by atoms with van der Waals surface area (Å²) in [7, 11) is 0. The molecule has 1 N–H and O–H groups in total. The quantitative estimate of drug-likeness (QED) is 0.840. The van der Waals surface area contributed by atoms with E-state index < -0.39 is 5.97 Å². The second-order valence-electron chi connectivity index (χ2n) is 5.08. The molecule has 1 aliphatic rings. The van der Waals surface area contributed by atoms with Crippen molar-refractivity contribution in [2.45, 2.75) is 32.6 Å². The van der Waals surface area contributed by atoms with Gasteiger partial charge in [-0.2, -0.15) is 0 Å². The number of rotatable bonds is 6. The first kappa shape index (κ1) is 12.9. The number of carbonyl (C=O) groups is 1. The van der Waals surface area contributed by atoms with Gasteiger partial charge in [-0.3, -0.25) is 4.79 Å². The summed E-state index contributed by atoms with van der Waals surface area (Å²) in [5.41, 5.74) is 2.39. The standard InChI is InChI=1S/C15H21NO2/c1-2-5-12-10-16(11-12)14-7-4-3-6-13(14)8-9-15(17)18/h3-4,6-7,12H,2,5,8-11H2,1H3,(H,17,18). The minimum atomic E-state index is -0.725. The number of aryl methyl sites for hydroxylation is 1. The van der Waals surface area contributed by atoms with Crippen LogP contribution in [0.1, 0.15) is 31.7 Å². The molecule has 0 unspecified atom stereocenters. The smallest absolute Gasteiger partial charge is 0.303 e. The Morgan fingerprint density at radius 2 is 2.11 bits per heavy atom. The Kier molecular flexibility index (Phi) is 4.24. The minimum Gasteiger partial charge on any atom is -0.481 e. The molecule has 2 rings (SSSR count). The topological polar surface area (TPSA) is 40.5 Å². The number of carboxylic acids is 1. The maximum atomic E-state index is 10.7. The van der Waals surface area contributed by atoms with E-state index in [-0.39, 0.29) is 6.42 Å². The Morgan fingerprint density at radius 3 is 2.78 bits per heavy atom. The van der Waals surface area contributed by atoms with Crippen LogP contribution in [0, 0.1) is 5.92 Å². The first-order valence-corrected chi connectivity index (χ1v) is 6.75. The first-order chi connectivity index (χ1) is 8.70. The van der Waals surface area contributed by atoms with E-state index in [2.05, 4.69) is 17.9 Å². The van der Waals surface area contributed by atoms with Gasteiger partial charge in [0.2, 0.25) is 0 Å². The number of aliphatic carboxylic acids is 1. The molecule has 0 radical (unpaired) electrons. The van der Waals surface area contributed by atoms with Gasteiger partial charge < -0.3 is 10.0 Å². The molecule has 0 spiro atoms. The number of carboxylic acid groups (broad SMARTS) is 1. The van der Waals surface area contributed by atoms with E-state index >= 15 is 0 Å². The summed E-state index contributed by atoms with van der Waals surface area (Å²) in [4.78, 5) is 13.0. The van der Waals surface area contributed by atoms with Crippen molar-refractivity contribution < 1.29 is 9.90 Å². The highest BCUT2D eigenvalue weighted by molar-refractivity contribution is 5.68. The van der Waals surface area contributed by atoms with Crippen LogP contribution in [0.2, 0.25) is 0 Å². The van der Waals surface area contributed by atoms with Crippen molar-refractivity contribution in [3.8, 4) is 0 Å². The van der Waals surface area contributed by atoms with Crippen molar-refractivity contribution in [2.24, 2.45) is 5.92 Å². The van der Waals surface area contributed by atoms with Crippen LogP contribution in [0.3, 0.4) is 0 Å². The second kappa shape index (κ2) is 5.89. The maximum absolute atomic E-state index is 10.7. The van der Waals surface area contributed by atoms with Gasteiger partial charge in [-0.15, -0.1) is 0 Å². The molecule has 0 saturated carbocycles. The van der Waals surface area contributed by atoms with E-state index in [1.165, 1.54) is 18.5 Å². The molecule has 1 aromatic rings. The summed E-state index contributed by atoms with van der Waals surface area (Å²) < 4.78 is 0. The van der Waals surface area contributed by atoms with Gasteiger partial charge in [-0.05, 0) is 30.4 Å². The molecule has 18 heavy (non-hydrogen) atoms. The van der Waals surface area contributed by atoms with Crippen LogP contribution in [0.4, 0.5) is 5.69 Å². The number of anilines is 1. The highest BCUT2D eigenvalue weighted by Gasteiger charge is 2.27. The van der Waals surface area contributed by atoms with Crippen LogP contribution < -0.4 is 4.90 Å². The Bertz CT molecular complexity index is 411. The van der Waals surface area contributed by atoms with E-state index in [9.17, 15) is 4.79 Å². The van der Waals surface area contributed by atoms with Gasteiger partial charge in [0, 0.05) is 25.2 Å². The van der Waals surface area contributed by atoms with Crippen LogP contribution in [0.25, 0.3) is 0 Å². The molecule has 1 fully saturated rings. The Labute approximate surface area is 108 Å². The number of nitrogens with zero attached hydrogens (tertiary/aromatic N) is 1. The minimum absolute atomic E-state index is 0.212. The molecule has 1 heterocycles. The van der Waals surface area contributed by atoms with Gasteiger partial charge in [-0.1, -0.05) is 31.5 Å². The molecule has 98 valence electrons. The zero-order valence-corrected chi connectivity index (χ0v) is 10.9. The van der Waals surface area contributed by atoms with Crippen molar-refractivity contribution in [1.82, 2.24) is 0 Å². The summed E-state index contributed by atoms with van der Waals surface area (Å²) in [5, 5.41) is 8.77. The van der Waals surface area contributed by atoms with Crippen molar-refractivity contribution >= 4 is 11.7 Å². The number of hydrogen-bond acceptors (Lipinski definition) is 2. The Balaban J connectivity index is 1.98. The fraction of sp³-hybridized carbons (Fsp3) is 0.533. The third kappa shape index (κ3) is 3.03. The molecule has 3 heteroatoms. The molecule has 3 nitrogen and oxygen atoms in total. The number of para-hydroxylation sites is 1. The van der Waals surface area contributed by atoms with Crippen molar-refractivity contribution in [2.75, 3.05) is 18.0 Å². The molecule has 0 aliphatic carbocycles. The van der Waals surface area contributed by atoms with Crippen LogP contribution in [0.5, 0.6) is 0 Å². The summed E-state index contributed by atoms with van der Waals surface area (Å²) >= 11 is 0. The van der Waals surface area contributed by atoms with Crippen LogP contribution in [-0.2, 0) is 11.2 Å². The highest BCUT2D eigenvalue weighted by atomic mass is 16.4. The number of benzene rings is 1. The SMILES string of the molecule is CCCC1CN(c2ccccc2CCC(=O)O)C1. The lowest BCUT2D eigenvalue weighted by Gasteiger charge is -2.42. The maximum Gasteiger partial charge on any atom is 0.303 e. The molecular weight excluding hydrogens is 226 g/mol. The molecule has 1 aliphatic heterocycles. The highest BCUT2D eigenvalue weighted by Crippen LogP contribution is 2.30. The van der Waals surface area contributed by atoms with E-state index in [1.807, 2.05) is 18.2 Å². The van der Waals surface area contributed by atoms with E-state index in [0.717, 1.165) is 24.6 Å².